The minimum absolute atomic E-state index is 0.888. The van der Waals surface area contributed by atoms with Gasteiger partial charge in [-0.15, -0.1) is 0 Å². The highest BCUT2D eigenvalue weighted by molar-refractivity contribution is 5.91. The van der Waals surface area contributed by atoms with Crippen molar-refractivity contribution in [2.75, 3.05) is 7.11 Å². The second-order valence-corrected chi connectivity index (χ2v) is 6.20. The number of fused-ring (bicyclic) bond motifs is 2. The molecule has 0 spiro atoms. The Morgan fingerprint density at radius 2 is 1.64 bits per heavy atom. The van der Waals surface area contributed by atoms with E-state index in [1.165, 1.54) is 32.8 Å². The molecule has 0 aliphatic heterocycles. The summed E-state index contributed by atoms with van der Waals surface area (Å²) >= 11 is 0. The van der Waals surface area contributed by atoms with E-state index in [0.717, 1.165) is 5.75 Å². The van der Waals surface area contributed by atoms with Gasteiger partial charge in [-0.25, -0.2) is 4.57 Å². The molecule has 2 heteroatoms. The van der Waals surface area contributed by atoms with Gasteiger partial charge in [0.2, 0.25) is 5.52 Å². The van der Waals surface area contributed by atoms with Crippen LogP contribution in [-0.2, 0) is 7.05 Å². The first kappa shape index (κ1) is 15.4. The summed E-state index contributed by atoms with van der Waals surface area (Å²) in [5.74, 6) is 0.888. The van der Waals surface area contributed by atoms with Gasteiger partial charge in [-0.05, 0) is 46.2 Å². The number of benzene rings is 3. The normalized spacial score (nSPS) is 11.4. The molecule has 0 aliphatic carbocycles. The zero-order valence-electron chi connectivity index (χ0n) is 14.4. The Hall–Kier alpha value is -3.13. The zero-order chi connectivity index (χ0) is 17.2. The molecular weight excluding hydrogens is 306 g/mol. The molecule has 4 rings (SSSR count). The van der Waals surface area contributed by atoms with Crippen molar-refractivity contribution in [3.05, 3.63) is 84.1 Å². The Morgan fingerprint density at radius 3 is 2.52 bits per heavy atom. The first-order valence-electron chi connectivity index (χ1n) is 8.38. The van der Waals surface area contributed by atoms with Crippen molar-refractivity contribution in [2.24, 2.45) is 7.05 Å². The molecule has 0 bridgehead atoms. The van der Waals surface area contributed by atoms with Crippen LogP contribution in [0.4, 0.5) is 0 Å². The molecule has 122 valence electrons. The topological polar surface area (TPSA) is 13.1 Å². The Morgan fingerprint density at radius 1 is 0.840 bits per heavy atom. The maximum absolute atomic E-state index is 5.29. The van der Waals surface area contributed by atoms with Crippen molar-refractivity contribution in [1.29, 1.82) is 0 Å². The largest absolute Gasteiger partial charge is 0.497 e. The number of para-hydroxylation sites is 1. The lowest BCUT2D eigenvalue weighted by molar-refractivity contribution is -0.644. The average Bonchev–Trinajstić information content (AvgIpc) is 2.67. The van der Waals surface area contributed by atoms with Crippen molar-refractivity contribution in [1.82, 2.24) is 0 Å². The maximum Gasteiger partial charge on any atom is 0.212 e. The van der Waals surface area contributed by atoms with E-state index in [4.69, 9.17) is 4.74 Å². The fourth-order valence-electron chi connectivity index (χ4n) is 3.19. The fourth-order valence-corrected chi connectivity index (χ4v) is 3.19. The Kier molecular flexibility index (Phi) is 3.95. The summed E-state index contributed by atoms with van der Waals surface area (Å²) in [7, 11) is 3.77. The molecule has 0 radical (unpaired) electrons. The van der Waals surface area contributed by atoms with Crippen LogP contribution < -0.4 is 9.30 Å². The Labute approximate surface area is 147 Å². The van der Waals surface area contributed by atoms with Gasteiger partial charge < -0.3 is 4.74 Å². The molecule has 4 aromatic rings. The van der Waals surface area contributed by atoms with Crippen LogP contribution in [0.5, 0.6) is 5.75 Å². The van der Waals surface area contributed by atoms with Crippen molar-refractivity contribution in [2.45, 2.75) is 0 Å². The smallest absolute Gasteiger partial charge is 0.212 e. The molecule has 0 saturated heterocycles. The number of rotatable bonds is 3. The van der Waals surface area contributed by atoms with Crippen LogP contribution in [0.25, 0.3) is 33.8 Å². The summed E-state index contributed by atoms with van der Waals surface area (Å²) in [6.45, 7) is 0. The predicted molar refractivity (Wildman–Crippen MR) is 105 cm³/mol. The second-order valence-electron chi connectivity index (χ2n) is 6.20. The van der Waals surface area contributed by atoms with Crippen LogP contribution in [-0.4, -0.2) is 7.11 Å². The zero-order valence-corrected chi connectivity index (χ0v) is 14.4. The summed E-state index contributed by atoms with van der Waals surface area (Å²) in [6.07, 6.45) is 6.47. The number of methoxy groups -OCH3 is 1. The van der Waals surface area contributed by atoms with E-state index in [1.54, 1.807) is 7.11 Å². The van der Waals surface area contributed by atoms with E-state index in [9.17, 15) is 0 Å². The van der Waals surface area contributed by atoms with Crippen molar-refractivity contribution in [3.8, 4) is 5.75 Å². The number of hydrogen-bond acceptors (Lipinski definition) is 1. The summed E-state index contributed by atoms with van der Waals surface area (Å²) < 4.78 is 7.44. The minimum Gasteiger partial charge on any atom is -0.497 e. The monoisotopic (exact) mass is 326 g/mol. The standard InChI is InChI=1S/C23H20NO/c1-24-14-13-18(22-5-3-4-6-23(22)24)9-7-17-8-10-20-16-21(25-2)12-11-19(20)15-17/h3-16H,1-2H3/q+1/b9-7+. The van der Waals surface area contributed by atoms with Gasteiger partial charge >= 0.3 is 0 Å². The third-order valence-corrected chi connectivity index (χ3v) is 4.60. The number of ether oxygens (including phenoxy) is 1. The van der Waals surface area contributed by atoms with Gasteiger partial charge in [0.15, 0.2) is 6.20 Å². The maximum atomic E-state index is 5.29. The number of aromatic nitrogens is 1. The lowest BCUT2D eigenvalue weighted by Crippen LogP contribution is -2.28. The van der Waals surface area contributed by atoms with Gasteiger partial charge in [-0.2, -0.15) is 0 Å². The van der Waals surface area contributed by atoms with Gasteiger partial charge in [0.25, 0.3) is 0 Å². The van der Waals surface area contributed by atoms with Crippen molar-refractivity contribution >= 4 is 33.8 Å². The average molecular weight is 326 g/mol. The molecule has 3 aromatic carbocycles. The summed E-state index contributed by atoms with van der Waals surface area (Å²) in [5, 5.41) is 3.66. The number of hydrogen-bond donors (Lipinski definition) is 0. The molecule has 1 aromatic heterocycles. The first-order valence-corrected chi connectivity index (χ1v) is 8.38. The quantitative estimate of drug-likeness (QED) is 0.483. The number of aryl methyl sites for hydroxylation is 1. The van der Waals surface area contributed by atoms with Crippen LogP contribution in [0.2, 0.25) is 0 Å². The molecule has 2 nitrogen and oxygen atoms in total. The van der Waals surface area contributed by atoms with Crippen LogP contribution in [0, 0.1) is 0 Å². The van der Waals surface area contributed by atoms with Crippen LogP contribution in [0.15, 0.2) is 72.9 Å². The molecule has 0 amide bonds. The van der Waals surface area contributed by atoms with Crippen LogP contribution in [0.3, 0.4) is 0 Å². The summed E-state index contributed by atoms with van der Waals surface area (Å²) in [6, 6.07) is 23.3. The summed E-state index contributed by atoms with van der Waals surface area (Å²) in [5.41, 5.74) is 3.65. The highest BCUT2D eigenvalue weighted by Crippen LogP contribution is 2.23. The Bertz CT molecular complexity index is 1100. The molecule has 0 unspecified atom stereocenters. The van der Waals surface area contributed by atoms with Crippen molar-refractivity contribution in [3.63, 3.8) is 0 Å². The Balaban J connectivity index is 1.72. The molecule has 0 aliphatic rings. The lowest BCUT2D eigenvalue weighted by atomic mass is 10.0. The van der Waals surface area contributed by atoms with E-state index in [1.807, 2.05) is 6.07 Å². The molecule has 25 heavy (non-hydrogen) atoms. The fraction of sp³-hybridized carbons (Fsp3) is 0.0870. The van der Waals surface area contributed by atoms with E-state index < -0.39 is 0 Å². The SMILES string of the molecule is COc1ccc2cc(/C=C/c3cc[n+](C)c4ccccc34)ccc2c1. The highest BCUT2D eigenvalue weighted by Gasteiger charge is 2.06. The highest BCUT2D eigenvalue weighted by atomic mass is 16.5. The molecule has 1 heterocycles. The van der Waals surface area contributed by atoms with Gasteiger partial charge in [0.05, 0.1) is 12.5 Å². The minimum atomic E-state index is 0.888. The van der Waals surface area contributed by atoms with Gasteiger partial charge in [-0.1, -0.05) is 42.5 Å². The van der Waals surface area contributed by atoms with E-state index >= 15 is 0 Å². The molecule has 0 fully saturated rings. The van der Waals surface area contributed by atoms with E-state index in [-0.39, 0.29) is 0 Å². The molecule has 0 N–H and O–H groups in total. The molecule has 0 atom stereocenters. The summed E-state index contributed by atoms with van der Waals surface area (Å²) in [4.78, 5) is 0. The third kappa shape index (κ3) is 2.99. The third-order valence-electron chi connectivity index (χ3n) is 4.60. The molecule has 0 saturated carbocycles. The van der Waals surface area contributed by atoms with Gasteiger partial charge in [0.1, 0.15) is 12.8 Å². The first-order chi connectivity index (χ1) is 12.2. The number of nitrogens with zero attached hydrogens (tertiary/aromatic N) is 1. The lowest BCUT2D eigenvalue weighted by Gasteiger charge is -2.04. The molecular formula is C23H20NO+. The van der Waals surface area contributed by atoms with Crippen LogP contribution in [0.1, 0.15) is 11.1 Å². The second kappa shape index (κ2) is 6.40. The van der Waals surface area contributed by atoms with Crippen LogP contribution >= 0.6 is 0 Å². The van der Waals surface area contributed by atoms with E-state index in [0.29, 0.717) is 0 Å². The van der Waals surface area contributed by atoms with Crippen molar-refractivity contribution < 1.29 is 9.30 Å². The van der Waals surface area contributed by atoms with E-state index in [2.05, 4.69) is 90.6 Å². The van der Waals surface area contributed by atoms with Gasteiger partial charge in [-0.3, -0.25) is 0 Å². The van der Waals surface area contributed by atoms with Gasteiger partial charge in [0, 0.05) is 12.1 Å². The predicted octanol–water partition coefficient (Wildman–Crippen LogP) is 5.00. The number of pyridine rings is 1.